The van der Waals surface area contributed by atoms with E-state index in [1.54, 1.807) is 34.6 Å². The highest BCUT2D eigenvalue weighted by Gasteiger charge is 2.50. The van der Waals surface area contributed by atoms with Crippen LogP contribution in [-0.2, 0) is 57.5 Å². The molecule has 0 saturated carbocycles. The molecule has 4 aliphatic rings. The Morgan fingerprint density at radius 2 is 1.33 bits per heavy atom. The van der Waals surface area contributed by atoms with Crippen LogP contribution < -0.4 is 16.0 Å². The normalized spacial score (nSPS) is 28.5. The van der Waals surface area contributed by atoms with Gasteiger partial charge in [-0.2, -0.15) is 0 Å². The number of nitrogens with one attached hydrogen (secondary N) is 3. The molecule has 10 amide bonds. The first kappa shape index (κ1) is 70.6. The minimum Gasteiger partial charge on any atom is -0.459 e. The van der Waals surface area contributed by atoms with Gasteiger partial charge in [0.15, 0.2) is 0 Å². The Balaban J connectivity index is 1.89. The molecule has 0 aromatic carbocycles. The zero-order chi connectivity index (χ0) is 63.5. The van der Waals surface area contributed by atoms with Crippen LogP contribution in [-0.4, -0.2) is 225 Å². The lowest BCUT2D eigenvalue weighted by molar-refractivity contribution is -0.161. The lowest BCUT2D eigenvalue weighted by Crippen LogP contribution is -2.62. The monoisotopic (exact) mass is 1180 g/mol. The summed E-state index contributed by atoms with van der Waals surface area (Å²) in [5.74, 6) is -8.61. The second-order valence-electron chi connectivity index (χ2n) is 26.4. The Morgan fingerprint density at radius 3 is 1.89 bits per heavy atom. The summed E-state index contributed by atoms with van der Waals surface area (Å²) in [4.78, 5) is 171. The molecular formula is C61H104N10O13. The van der Waals surface area contributed by atoms with Crippen molar-refractivity contribution in [3.8, 4) is 0 Å². The molecule has 4 N–H and O–H groups in total. The number of hydrogen-bond donors (Lipinski definition) is 4. The number of carbonyl (C=O) groups excluding carboxylic acids is 11. The fourth-order valence-electron chi connectivity index (χ4n) is 12.7. The second-order valence-corrected chi connectivity index (χ2v) is 26.4. The maximum Gasteiger partial charge on any atom is 0.325 e. The quantitative estimate of drug-likeness (QED) is 0.162. The van der Waals surface area contributed by atoms with Gasteiger partial charge in [-0.25, -0.2) is 0 Å². The van der Waals surface area contributed by atoms with Gasteiger partial charge in [-0.1, -0.05) is 96.4 Å². The minimum absolute atomic E-state index is 0.0737. The number of likely N-dealkylation sites (N-methyl/N-ethyl adjacent to an activating group) is 4. The van der Waals surface area contributed by atoms with Crippen LogP contribution in [0.15, 0.2) is 0 Å². The summed E-state index contributed by atoms with van der Waals surface area (Å²) in [6, 6.07) is -10.5. The van der Waals surface area contributed by atoms with Crippen LogP contribution >= 0.6 is 0 Å². The first-order valence-electron chi connectivity index (χ1n) is 30.9. The van der Waals surface area contributed by atoms with Crippen molar-refractivity contribution < 1.29 is 62.6 Å². The van der Waals surface area contributed by atoms with E-state index in [1.165, 1.54) is 64.5 Å². The minimum atomic E-state index is -1.66. The van der Waals surface area contributed by atoms with E-state index in [9.17, 15) is 43.5 Å². The number of carbonyl (C=O) groups is 11. The third-order valence-electron chi connectivity index (χ3n) is 17.4. The predicted octanol–water partition coefficient (Wildman–Crippen LogP) is 2.79. The van der Waals surface area contributed by atoms with Crippen LogP contribution in [0.25, 0.3) is 0 Å². The Kier molecular flexibility index (Phi) is 26.0. The average molecular weight is 1190 g/mol. The van der Waals surface area contributed by atoms with Crippen molar-refractivity contribution in [1.29, 1.82) is 0 Å². The Hall–Kier alpha value is -5.87. The molecule has 0 spiro atoms. The molecule has 4 saturated heterocycles. The molecule has 0 aromatic heterocycles. The van der Waals surface area contributed by atoms with Gasteiger partial charge in [0.2, 0.25) is 53.2 Å². The zero-order valence-corrected chi connectivity index (χ0v) is 53.8. The maximum atomic E-state index is 15.3. The summed E-state index contributed by atoms with van der Waals surface area (Å²) in [6.45, 7) is 25.1. The number of esters is 1. The van der Waals surface area contributed by atoms with E-state index in [0.29, 0.717) is 25.7 Å². The summed E-state index contributed by atoms with van der Waals surface area (Å²) in [6.07, 6.45) is 0.0268. The average Bonchev–Trinajstić information content (AvgIpc) is 4.39. The molecule has 4 heterocycles. The van der Waals surface area contributed by atoms with Crippen LogP contribution in [0, 0.1) is 41.4 Å². The van der Waals surface area contributed by atoms with Crippen LogP contribution in [0.5, 0.6) is 0 Å². The molecule has 0 radical (unpaired) electrons. The van der Waals surface area contributed by atoms with Gasteiger partial charge in [-0.3, -0.25) is 52.7 Å². The smallest absolute Gasteiger partial charge is 0.325 e. The maximum absolute atomic E-state index is 15.3. The molecule has 23 nitrogen and oxygen atoms in total. The van der Waals surface area contributed by atoms with Crippen molar-refractivity contribution in [2.24, 2.45) is 41.4 Å². The number of likely N-dealkylation sites (tertiary alicyclic amines) is 1. The lowest BCUT2D eigenvalue weighted by atomic mass is 9.97. The summed E-state index contributed by atoms with van der Waals surface area (Å²) in [7, 11) is 5.77. The van der Waals surface area contributed by atoms with Gasteiger partial charge in [-0.05, 0) is 106 Å². The summed E-state index contributed by atoms with van der Waals surface area (Å²) >= 11 is 0. The summed E-state index contributed by atoms with van der Waals surface area (Å²) in [5, 5.41) is 19.0. The molecule has 84 heavy (non-hydrogen) atoms. The molecule has 4 fully saturated rings. The van der Waals surface area contributed by atoms with Gasteiger partial charge < -0.3 is 60.1 Å². The summed E-state index contributed by atoms with van der Waals surface area (Å²) in [5.41, 5.74) is 0. The molecule has 0 bridgehead atoms. The molecular weight excluding hydrogens is 1080 g/mol. The SMILES string of the molecule is CCC1C[C@@H](C(=O)N(C)[C@@H]2C(=O)N[C@@H](CC(C)C)C(=O)N3CC(C)C[C@H]3C(=O)N[C@@H](CCC(C)C)C(=O)N(C)[C@@H](C(C)C)C(=O)N3CCC[C@H]3C(=O)N(C)[C@H](CC(C)C)C(=O)NCC(=O)O[C@@H]2C)N(C(=O)[C@H](C(C)C)N(C)C(=O)C(O)CC)C1. The number of nitrogens with zero attached hydrogens (tertiary/aromatic N) is 7. The fourth-order valence-corrected chi connectivity index (χ4v) is 12.7. The number of hydrogen-bond acceptors (Lipinski definition) is 13. The zero-order valence-electron chi connectivity index (χ0n) is 53.8. The van der Waals surface area contributed by atoms with Crippen molar-refractivity contribution in [3.63, 3.8) is 0 Å². The fraction of sp³-hybridized carbons (Fsp3) is 0.820. The highest BCUT2D eigenvalue weighted by molar-refractivity contribution is 5.99. The molecule has 13 atom stereocenters. The standard InChI is InChI=1S/C61H104N10O13/c1-19-40-29-46(71(32-40)61(83)50(37(11)12)67(17)59(81)47(72)20-2)58(80)68(18)51-39(14)84-48(73)30-62-52(74)44(27-35(7)8)65(15)57(79)43-22-21-25-69(43)60(82)49(36(9)10)66(16)55(77)41(24-23-33(3)4)63-53(75)45-28-38(13)31-70(45)56(78)42(26-34(5)6)64-54(51)76/h33-47,49-51,72H,19-32H2,1-18H3,(H,62,74)(H,63,75)(H,64,76)/t38?,39-,40?,41+,42+,43+,44-,45+,46+,47?,49+,50+,51+/m1/s1. The number of aliphatic hydroxyl groups is 1. The van der Waals surface area contributed by atoms with E-state index in [2.05, 4.69) is 16.0 Å². The van der Waals surface area contributed by atoms with E-state index < -0.39 is 150 Å². The third-order valence-corrected chi connectivity index (χ3v) is 17.4. The van der Waals surface area contributed by atoms with Gasteiger partial charge >= 0.3 is 5.97 Å². The molecule has 4 aliphatic heterocycles. The highest BCUT2D eigenvalue weighted by atomic mass is 16.5. The van der Waals surface area contributed by atoms with E-state index in [-0.39, 0.29) is 87.7 Å². The Morgan fingerprint density at radius 1 is 0.714 bits per heavy atom. The van der Waals surface area contributed by atoms with E-state index in [0.717, 1.165) is 4.90 Å². The highest BCUT2D eigenvalue weighted by Crippen LogP contribution is 2.32. The molecule has 0 aliphatic carbocycles. The van der Waals surface area contributed by atoms with Crippen molar-refractivity contribution in [2.45, 2.75) is 228 Å². The van der Waals surface area contributed by atoms with Crippen LogP contribution in [0.4, 0.5) is 0 Å². The Bertz CT molecular complexity index is 2370. The third kappa shape index (κ3) is 17.2. The second kappa shape index (κ2) is 31.0. The topological polar surface area (TPSA) is 276 Å². The number of fused-ring (bicyclic) bond motifs is 2. The van der Waals surface area contributed by atoms with Gasteiger partial charge in [-0.15, -0.1) is 0 Å². The molecule has 4 rings (SSSR count). The number of cyclic esters (lactones) is 1. The van der Waals surface area contributed by atoms with Crippen molar-refractivity contribution in [2.75, 3.05) is 54.4 Å². The number of aliphatic hydroxyl groups excluding tert-OH is 1. The van der Waals surface area contributed by atoms with E-state index in [1.807, 2.05) is 55.4 Å². The van der Waals surface area contributed by atoms with Crippen molar-refractivity contribution in [3.05, 3.63) is 0 Å². The first-order valence-corrected chi connectivity index (χ1v) is 30.9. The van der Waals surface area contributed by atoms with Gasteiger partial charge in [0.1, 0.15) is 73.1 Å². The van der Waals surface area contributed by atoms with Gasteiger partial charge in [0.25, 0.3) is 5.91 Å². The van der Waals surface area contributed by atoms with Crippen LogP contribution in [0.1, 0.15) is 161 Å². The predicted molar refractivity (Wildman–Crippen MR) is 316 cm³/mol. The summed E-state index contributed by atoms with van der Waals surface area (Å²) < 4.78 is 5.95. The molecule has 3 unspecified atom stereocenters. The number of rotatable bonds is 16. The van der Waals surface area contributed by atoms with Crippen molar-refractivity contribution in [1.82, 2.24) is 50.2 Å². The molecule has 23 heteroatoms. The van der Waals surface area contributed by atoms with Crippen LogP contribution in [0.3, 0.4) is 0 Å². The Labute approximate surface area is 499 Å². The van der Waals surface area contributed by atoms with Crippen molar-refractivity contribution >= 4 is 65.0 Å². The van der Waals surface area contributed by atoms with E-state index in [4.69, 9.17) is 4.74 Å². The van der Waals surface area contributed by atoms with Gasteiger partial charge in [0.05, 0.1) is 0 Å². The number of amides is 10. The molecule has 476 valence electrons. The number of ether oxygens (including phenoxy) is 1. The lowest BCUT2D eigenvalue weighted by Gasteiger charge is -2.38. The first-order chi connectivity index (χ1) is 39.2. The van der Waals surface area contributed by atoms with E-state index >= 15 is 14.4 Å². The van der Waals surface area contributed by atoms with Gasteiger partial charge in [0, 0.05) is 47.8 Å². The largest absolute Gasteiger partial charge is 0.459 e. The van der Waals surface area contributed by atoms with Crippen LogP contribution in [0.2, 0.25) is 0 Å². The molecule has 0 aromatic rings.